The van der Waals surface area contributed by atoms with Crippen molar-refractivity contribution in [3.63, 3.8) is 0 Å². The number of carbonyl (C=O) groups excluding carboxylic acids is 1. The lowest BCUT2D eigenvalue weighted by molar-refractivity contribution is -0.0901. The average molecular weight is 276 g/mol. The number of rotatable bonds is 2. The Morgan fingerprint density at radius 1 is 1.47 bits per heavy atom. The fourth-order valence-corrected chi connectivity index (χ4v) is 1.97. The summed E-state index contributed by atoms with van der Waals surface area (Å²) < 4.78 is 5.22. The highest BCUT2D eigenvalue weighted by Crippen LogP contribution is 2.24. The fourth-order valence-electron chi connectivity index (χ4n) is 1.97. The van der Waals surface area contributed by atoms with Crippen molar-refractivity contribution in [2.75, 3.05) is 13.3 Å². The van der Waals surface area contributed by atoms with Crippen molar-refractivity contribution in [2.45, 2.75) is 24.5 Å². The van der Waals surface area contributed by atoms with E-state index in [1.165, 1.54) is 0 Å². The van der Waals surface area contributed by atoms with Gasteiger partial charge in [0.25, 0.3) is 0 Å². The summed E-state index contributed by atoms with van der Waals surface area (Å²) in [5.41, 5.74) is 0. The van der Waals surface area contributed by atoms with Crippen LogP contribution in [-0.2, 0) is 4.74 Å². The molecule has 2 fully saturated rings. The number of nitrogens with one attached hydrogen (secondary N) is 1. The highest BCUT2D eigenvalue weighted by molar-refractivity contribution is 5.97. The SMILES string of the molecule is NN=C1NC(=O)N([C@@H]2O[C@H](CO)C(O)C2O)CN1N. The number of carbonyl (C=O) groups is 1. The van der Waals surface area contributed by atoms with E-state index >= 15 is 0 Å². The fraction of sp³-hybridized carbons (Fsp3) is 0.750. The van der Waals surface area contributed by atoms with E-state index in [2.05, 4.69) is 10.4 Å². The van der Waals surface area contributed by atoms with Crippen LogP contribution in [0.2, 0.25) is 0 Å². The van der Waals surface area contributed by atoms with Crippen molar-refractivity contribution >= 4 is 12.0 Å². The number of ether oxygens (including phenoxy) is 1. The zero-order valence-corrected chi connectivity index (χ0v) is 9.88. The molecule has 2 aliphatic heterocycles. The summed E-state index contributed by atoms with van der Waals surface area (Å²) in [6, 6.07) is -0.638. The molecule has 0 radical (unpaired) electrons. The van der Waals surface area contributed by atoms with Gasteiger partial charge in [-0.2, -0.15) is 0 Å². The molecule has 2 saturated heterocycles. The first-order valence-corrected chi connectivity index (χ1v) is 5.49. The van der Waals surface area contributed by atoms with Crippen LogP contribution in [0.25, 0.3) is 0 Å². The molecule has 2 aliphatic rings. The molecule has 11 nitrogen and oxygen atoms in total. The molecule has 2 rings (SSSR count). The number of aliphatic hydroxyl groups excluding tert-OH is 3. The Labute approximate surface area is 108 Å². The first-order chi connectivity index (χ1) is 8.99. The summed E-state index contributed by atoms with van der Waals surface area (Å²) in [7, 11) is 0. The normalized spacial score (nSPS) is 37.9. The molecular weight excluding hydrogens is 260 g/mol. The monoisotopic (exact) mass is 276 g/mol. The number of nitrogens with zero attached hydrogens (tertiary/aromatic N) is 3. The summed E-state index contributed by atoms with van der Waals surface area (Å²) in [5, 5.41) is 35.0. The molecule has 0 aromatic rings. The molecule has 0 spiro atoms. The van der Waals surface area contributed by atoms with E-state index in [-0.39, 0.29) is 12.6 Å². The molecule has 108 valence electrons. The van der Waals surface area contributed by atoms with Gasteiger partial charge in [-0.05, 0) is 0 Å². The maximum atomic E-state index is 11.8. The Morgan fingerprint density at radius 3 is 2.68 bits per heavy atom. The standard InChI is InChI=1S/C8H16N6O5/c9-12-7-11-8(18)13(2-14(7)10)6-5(17)4(16)3(1-15)19-6/h3-6,15-17H,1-2,9-10H2,(H,11,12,18)/t3-,4?,5?,6-/m1/s1. The minimum atomic E-state index is -1.35. The van der Waals surface area contributed by atoms with Crippen molar-refractivity contribution in [1.29, 1.82) is 0 Å². The van der Waals surface area contributed by atoms with E-state index in [4.69, 9.17) is 21.5 Å². The molecule has 2 heterocycles. The van der Waals surface area contributed by atoms with Gasteiger partial charge in [0, 0.05) is 0 Å². The molecule has 2 amide bonds. The number of urea groups is 1. The van der Waals surface area contributed by atoms with Gasteiger partial charge >= 0.3 is 6.03 Å². The molecule has 2 unspecified atom stereocenters. The second-order valence-corrected chi connectivity index (χ2v) is 4.19. The van der Waals surface area contributed by atoms with Gasteiger partial charge < -0.3 is 25.9 Å². The highest BCUT2D eigenvalue weighted by Gasteiger charge is 2.48. The molecule has 0 bridgehead atoms. The average Bonchev–Trinajstić information content (AvgIpc) is 2.68. The van der Waals surface area contributed by atoms with Crippen LogP contribution in [-0.4, -0.2) is 75.0 Å². The third-order valence-electron chi connectivity index (χ3n) is 3.00. The lowest BCUT2D eigenvalue weighted by atomic mass is 10.1. The number of amides is 2. The van der Waals surface area contributed by atoms with Gasteiger partial charge in [0.05, 0.1) is 6.61 Å². The number of guanidine groups is 1. The van der Waals surface area contributed by atoms with E-state index in [1.807, 2.05) is 0 Å². The summed E-state index contributed by atoms with van der Waals surface area (Å²) in [4.78, 5) is 12.9. The summed E-state index contributed by atoms with van der Waals surface area (Å²) in [6.45, 7) is -0.625. The molecule has 0 aliphatic carbocycles. The Hall–Kier alpha value is -1.66. The maximum absolute atomic E-state index is 11.8. The van der Waals surface area contributed by atoms with Crippen LogP contribution in [0, 0.1) is 0 Å². The number of hydrazone groups is 1. The van der Waals surface area contributed by atoms with Crippen molar-refractivity contribution < 1.29 is 24.9 Å². The Kier molecular flexibility index (Phi) is 3.73. The van der Waals surface area contributed by atoms with Gasteiger partial charge in [-0.1, -0.05) is 0 Å². The second kappa shape index (κ2) is 5.14. The quantitative estimate of drug-likeness (QED) is 0.218. The number of nitrogens with two attached hydrogens (primary N) is 2. The first kappa shape index (κ1) is 13.8. The third kappa shape index (κ3) is 2.29. The van der Waals surface area contributed by atoms with Crippen LogP contribution in [0.3, 0.4) is 0 Å². The molecule has 0 aromatic carbocycles. The van der Waals surface area contributed by atoms with Gasteiger partial charge in [-0.25, -0.2) is 10.6 Å². The lowest BCUT2D eigenvalue weighted by Gasteiger charge is -2.38. The number of aliphatic hydroxyl groups is 3. The Morgan fingerprint density at radius 2 is 2.16 bits per heavy atom. The van der Waals surface area contributed by atoms with E-state index in [0.29, 0.717) is 0 Å². The van der Waals surface area contributed by atoms with Crippen LogP contribution < -0.4 is 17.0 Å². The number of hydrazine groups is 1. The van der Waals surface area contributed by atoms with Crippen LogP contribution in [0.15, 0.2) is 5.10 Å². The van der Waals surface area contributed by atoms with Crippen molar-refractivity contribution in [1.82, 2.24) is 15.2 Å². The minimum absolute atomic E-state index is 0.0343. The maximum Gasteiger partial charge on any atom is 0.327 e. The van der Waals surface area contributed by atoms with Crippen LogP contribution in [0.4, 0.5) is 4.79 Å². The Balaban J connectivity index is 2.12. The van der Waals surface area contributed by atoms with Crippen LogP contribution in [0.5, 0.6) is 0 Å². The van der Waals surface area contributed by atoms with E-state index in [9.17, 15) is 15.0 Å². The zero-order valence-electron chi connectivity index (χ0n) is 9.88. The van der Waals surface area contributed by atoms with Gasteiger partial charge in [0.15, 0.2) is 6.23 Å². The predicted octanol–water partition coefficient (Wildman–Crippen LogP) is -4.19. The van der Waals surface area contributed by atoms with E-state index in [0.717, 1.165) is 9.91 Å². The smallest absolute Gasteiger partial charge is 0.327 e. The van der Waals surface area contributed by atoms with E-state index in [1.54, 1.807) is 0 Å². The zero-order chi connectivity index (χ0) is 14.2. The lowest BCUT2D eigenvalue weighted by Crippen LogP contribution is -2.66. The topological polar surface area (TPSA) is 170 Å². The summed E-state index contributed by atoms with van der Waals surface area (Å²) in [5.74, 6) is 10.6. The largest absolute Gasteiger partial charge is 0.394 e. The molecule has 0 saturated carbocycles. The first-order valence-electron chi connectivity index (χ1n) is 5.49. The second-order valence-electron chi connectivity index (χ2n) is 4.19. The minimum Gasteiger partial charge on any atom is -0.394 e. The van der Waals surface area contributed by atoms with Crippen molar-refractivity contribution in [3.8, 4) is 0 Å². The number of hydrogen-bond donors (Lipinski definition) is 6. The molecule has 0 aromatic heterocycles. The van der Waals surface area contributed by atoms with Gasteiger partial charge in [0.2, 0.25) is 5.96 Å². The van der Waals surface area contributed by atoms with E-state index < -0.39 is 37.2 Å². The van der Waals surface area contributed by atoms with Gasteiger partial charge in [-0.3, -0.25) is 15.2 Å². The highest BCUT2D eigenvalue weighted by atomic mass is 16.6. The summed E-state index contributed by atoms with van der Waals surface area (Å²) >= 11 is 0. The van der Waals surface area contributed by atoms with Gasteiger partial charge in [0.1, 0.15) is 25.0 Å². The summed E-state index contributed by atoms with van der Waals surface area (Å²) in [6.07, 6.45) is -4.74. The number of hydrogen-bond acceptors (Lipinski definition) is 8. The third-order valence-corrected chi connectivity index (χ3v) is 3.00. The van der Waals surface area contributed by atoms with Crippen LogP contribution >= 0.6 is 0 Å². The molecule has 19 heavy (non-hydrogen) atoms. The molecular formula is C8H16N6O5. The predicted molar refractivity (Wildman–Crippen MR) is 60.6 cm³/mol. The molecule has 8 N–H and O–H groups in total. The Bertz CT molecular complexity index is 392. The molecule has 11 heteroatoms. The molecule has 4 atom stereocenters. The van der Waals surface area contributed by atoms with Crippen molar-refractivity contribution in [3.05, 3.63) is 0 Å². The van der Waals surface area contributed by atoms with Crippen molar-refractivity contribution in [2.24, 2.45) is 16.8 Å². The van der Waals surface area contributed by atoms with Gasteiger partial charge in [-0.15, -0.1) is 5.10 Å². The van der Waals surface area contributed by atoms with Crippen LogP contribution in [0.1, 0.15) is 0 Å².